The first-order valence-electron chi connectivity index (χ1n) is 10.9. The van der Waals surface area contributed by atoms with E-state index in [4.69, 9.17) is 0 Å². The highest BCUT2D eigenvalue weighted by Crippen LogP contribution is 2.35. The maximum Gasteiger partial charge on any atom is 0.194 e. The van der Waals surface area contributed by atoms with Crippen molar-refractivity contribution in [3.05, 3.63) is 111 Å². The minimum atomic E-state index is -0.202. The summed E-state index contributed by atoms with van der Waals surface area (Å²) in [6, 6.07) is 14.5. The Labute approximate surface area is 189 Å². The fourth-order valence-corrected chi connectivity index (χ4v) is 4.49. The molecule has 162 valence electrons. The second-order valence-corrected chi connectivity index (χ2v) is 7.75. The van der Waals surface area contributed by atoms with Crippen LogP contribution in [0.1, 0.15) is 90.8 Å². The maximum atomic E-state index is 13.5. The molecule has 0 unspecified atom stereocenters. The van der Waals surface area contributed by atoms with E-state index in [1.54, 1.807) is 36.4 Å². The molecule has 0 heterocycles. The molecule has 0 aromatic heterocycles. The molecule has 0 aliphatic heterocycles. The summed E-state index contributed by atoms with van der Waals surface area (Å²) in [5, 5.41) is 0. The molecule has 0 saturated heterocycles. The summed E-state index contributed by atoms with van der Waals surface area (Å²) in [6.45, 7) is 13.2. The van der Waals surface area contributed by atoms with E-state index in [1.807, 2.05) is 45.9 Å². The van der Waals surface area contributed by atoms with E-state index < -0.39 is 0 Å². The molecule has 3 heteroatoms. The molecule has 0 radical (unpaired) electrons. The summed E-state index contributed by atoms with van der Waals surface area (Å²) < 4.78 is 0. The van der Waals surface area contributed by atoms with Crippen LogP contribution in [0.4, 0.5) is 0 Å². The van der Waals surface area contributed by atoms with Gasteiger partial charge in [-0.25, -0.2) is 0 Å². The fourth-order valence-electron chi connectivity index (χ4n) is 4.49. The van der Waals surface area contributed by atoms with Crippen LogP contribution in [0.2, 0.25) is 0 Å². The molecule has 0 spiro atoms. The molecular formula is C29H28O3. The molecule has 32 heavy (non-hydrogen) atoms. The quantitative estimate of drug-likeness (QED) is 0.349. The second-order valence-electron chi connectivity index (χ2n) is 7.75. The van der Waals surface area contributed by atoms with Gasteiger partial charge in [0.05, 0.1) is 0 Å². The van der Waals surface area contributed by atoms with Crippen molar-refractivity contribution in [2.75, 3.05) is 0 Å². The standard InChI is InChI=1S/C27H22O3.C2H6/c1-5-18-10-8-9-15(2)21(18)14-22-24(17(4)28)16(3)13-23-25(22)27(30)20-12-7-6-11-19(20)26(23)29;1-2/h5-13H,1,14H2,2-4H3;1-2H3. The van der Waals surface area contributed by atoms with E-state index in [0.29, 0.717) is 45.4 Å². The van der Waals surface area contributed by atoms with Gasteiger partial charge in [-0.15, -0.1) is 0 Å². The summed E-state index contributed by atoms with van der Waals surface area (Å²) in [5.74, 6) is -0.488. The zero-order valence-corrected chi connectivity index (χ0v) is 19.3. The average Bonchev–Trinajstić information content (AvgIpc) is 2.79. The number of fused-ring (bicyclic) bond motifs is 2. The highest BCUT2D eigenvalue weighted by atomic mass is 16.1. The number of hydrogen-bond donors (Lipinski definition) is 0. The summed E-state index contributed by atoms with van der Waals surface area (Å²) in [6.07, 6.45) is 2.16. The monoisotopic (exact) mass is 424 g/mol. The number of hydrogen-bond acceptors (Lipinski definition) is 3. The van der Waals surface area contributed by atoms with Crippen molar-refractivity contribution in [1.29, 1.82) is 0 Å². The third kappa shape index (κ3) is 3.75. The van der Waals surface area contributed by atoms with Crippen molar-refractivity contribution in [2.45, 2.75) is 41.0 Å². The molecular weight excluding hydrogens is 396 g/mol. The van der Waals surface area contributed by atoms with Gasteiger partial charge in [-0.2, -0.15) is 0 Å². The van der Waals surface area contributed by atoms with Crippen LogP contribution in [0.25, 0.3) is 6.08 Å². The Morgan fingerprint density at radius 3 is 2.06 bits per heavy atom. The van der Waals surface area contributed by atoms with Gasteiger partial charge in [0.2, 0.25) is 0 Å². The lowest BCUT2D eigenvalue weighted by Crippen LogP contribution is -2.25. The van der Waals surface area contributed by atoms with Gasteiger partial charge in [-0.05, 0) is 61.1 Å². The van der Waals surface area contributed by atoms with Gasteiger partial charge < -0.3 is 0 Å². The van der Waals surface area contributed by atoms with Gasteiger partial charge >= 0.3 is 0 Å². The molecule has 0 N–H and O–H groups in total. The van der Waals surface area contributed by atoms with E-state index in [9.17, 15) is 14.4 Å². The number of aryl methyl sites for hydroxylation is 2. The van der Waals surface area contributed by atoms with E-state index in [1.165, 1.54) is 6.92 Å². The number of carbonyl (C=O) groups excluding carboxylic acids is 3. The first-order chi connectivity index (χ1) is 15.3. The molecule has 0 saturated carbocycles. The summed E-state index contributed by atoms with van der Waals surface area (Å²) in [5.41, 5.74) is 6.41. The third-order valence-electron chi connectivity index (χ3n) is 5.89. The van der Waals surface area contributed by atoms with Gasteiger partial charge in [0.1, 0.15) is 0 Å². The van der Waals surface area contributed by atoms with E-state index in [2.05, 4.69) is 6.58 Å². The van der Waals surface area contributed by atoms with Crippen LogP contribution in [-0.2, 0) is 6.42 Å². The lowest BCUT2D eigenvalue weighted by molar-refractivity contribution is 0.0976. The fraction of sp³-hybridized carbons (Fsp3) is 0.207. The Hall–Kier alpha value is -3.59. The smallest absolute Gasteiger partial charge is 0.194 e. The lowest BCUT2D eigenvalue weighted by atomic mass is 9.76. The summed E-state index contributed by atoms with van der Waals surface area (Å²) >= 11 is 0. The molecule has 0 bridgehead atoms. The van der Waals surface area contributed by atoms with Gasteiger partial charge in [0, 0.05) is 27.8 Å². The highest BCUT2D eigenvalue weighted by Gasteiger charge is 2.34. The predicted molar refractivity (Wildman–Crippen MR) is 130 cm³/mol. The first kappa shape index (κ1) is 23.1. The van der Waals surface area contributed by atoms with Gasteiger partial charge in [0.25, 0.3) is 0 Å². The summed E-state index contributed by atoms with van der Waals surface area (Å²) in [4.78, 5) is 39.4. The highest BCUT2D eigenvalue weighted by molar-refractivity contribution is 6.29. The average molecular weight is 425 g/mol. The van der Waals surface area contributed by atoms with Crippen molar-refractivity contribution in [2.24, 2.45) is 0 Å². The number of benzene rings is 3. The normalized spacial score (nSPS) is 11.8. The number of rotatable bonds is 4. The topological polar surface area (TPSA) is 51.2 Å². The van der Waals surface area contributed by atoms with E-state index >= 15 is 0 Å². The zero-order chi connectivity index (χ0) is 23.6. The number of carbonyl (C=O) groups is 3. The Bertz CT molecular complexity index is 1260. The number of Topliss-reactive ketones (excluding diaryl/α,β-unsaturated/α-hetero) is 1. The van der Waals surface area contributed by atoms with Gasteiger partial charge in [-0.1, -0.05) is 69.0 Å². The van der Waals surface area contributed by atoms with Gasteiger partial charge in [-0.3, -0.25) is 14.4 Å². The molecule has 3 aromatic carbocycles. The minimum absolute atomic E-state index is 0.113. The molecule has 3 aromatic rings. The first-order valence-corrected chi connectivity index (χ1v) is 10.9. The van der Waals surface area contributed by atoms with Crippen molar-refractivity contribution in [3.63, 3.8) is 0 Å². The van der Waals surface area contributed by atoms with Crippen molar-refractivity contribution >= 4 is 23.4 Å². The predicted octanol–water partition coefficient (Wildman–Crippen LogP) is 6.54. The van der Waals surface area contributed by atoms with Crippen LogP contribution in [0.5, 0.6) is 0 Å². The van der Waals surface area contributed by atoms with Crippen LogP contribution in [-0.4, -0.2) is 17.3 Å². The molecule has 0 atom stereocenters. The third-order valence-corrected chi connectivity index (χ3v) is 5.89. The molecule has 0 amide bonds. The Kier molecular flexibility index (Phi) is 6.69. The molecule has 0 fully saturated rings. The van der Waals surface area contributed by atoms with Crippen LogP contribution < -0.4 is 0 Å². The Balaban J connectivity index is 0.00000141. The van der Waals surface area contributed by atoms with Crippen molar-refractivity contribution in [1.82, 2.24) is 0 Å². The van der Waals surface area contributed by atoms with E-state index in [0.717, 1.165) is 16.7 Å². The van der Waals surface area contributed by atoms with Gasteiger partial charge in [0.15, 0.2) is 17.3 Å². The maximum absolute atomic E-state index is 13.5. The van der Waals surface area contributed by atoms with E-state index in [-0.39, 0.29) is 17.3 Å². The Morgan fingerprint density at radius 2 is 1.47 bits per heavy atom. The molecule has 1 aliphatic carbocycles. The minimum Gasteiger partial charge on any atom is -0.294 e. The molecule has 1 aliphatic rings. The van der Waals surface area contributed by atoms with Crippen molar-refractivity contribution < 1.29 is 14.4 Å². The van der Waals surface area contributed by atoms with Crippen LogP contribution in [0.15, 0.2) is 55.1 Å². The summed E-state index contributed by atoms with van der Waals surface area (Å²) in [7, 11) is 0. The van der Waals surface area contributed by atoms with Crippen molar-refractivity contribution in [3.8, 4) is 0 Å². The van der Waals surface area contributed by atoms with Crippen LogP contribution in [0.3, 0.4) is 0 Å². The number of ketones is 3. The lowest BCUT2D eigenvalue weighted by Gasteiger charge is -2.24. The molecule has 4 rings (SSSR count). The molecule has 3 nitrogen and oxygen atoms in total. The van der Waals surface area contributed by atoms with Crippen LogP contribution >= 0.6 is 0 Å². The van der Waals surface area contributed by atoms with Crippen LogP contribution in [0, 0.1) is 13.8 Å². The largest absolute Gasteiger partial charge is 0.294 e. The SMILES string of the molecule is C=Cc1cccc(C)c1Cc1c(C(C)=O)c(C)cc2c1C(=O)c1ccccc1C2=O.CC. The zero-order valence-electron chi connectivity index (χ0n) is 19.3. The second kappa shape index (κ2) is 9.27. The Morgan fingerprint density at radius 1 is 0.844 bits per heavy atom.